The predicted molar refractivity (Wildman–Crippen MR) is 75.5 cm³/mol. The summed E-state index contributed by atoms with van der Waals surface area (Å²) >= 11 is 3.12. The van der Waals surface area contributed by atoms with E-state index in [0.717, 1.165) is 0 Å². The van der Waals surface area contributed by atoms with E-state index in [9.17, 15) is 14.9 Å². The third kappa shape index (κ3) is 3.38. The fourth-order valence-corrected chi connectivity index (χ4v) is 2.07. The number of halogens is 1. The number of nitrogens with two attached hydrogens (primary N) is 1. The van der Waals surface area contributed by atoms with Gasteiger partial charge in [-0.1, -0.05) is 6.07 Å². The van der Waals surface area contributed by atoms with Gasteiger partial charge in [0, 0.05) is 6.07 Å². The Bertz CT molecular complexity index is 685. The van der Waals surface area contributed by atoms with Crippen molar-refractivity contribution >= 4 is 27.5 Å². The quantitative estimate of drug-likeness (QED) is 0.366. The number of nitro benzene ring substituents is 1. The number of nitrogens with one attached hydrogen (secondary N) is 1. The number of amides is 1. The molecule has 0 saturated heterocycles. The zero-order chi connectivity index (χ0) is 15.4. The maximum absolute atomic E-state index is 11.2. The van der Waals surface area contributed by atoms with Crippen molar-refractivity contribution in [2.24, 2.45) is 5.84 Å². The lowest BCUT2D eigenvalue weighted by molar-refractivity contribution is -0.385. The molecule has 2 aromatic rings. The third-order valence-electron chi connectivity index (χ3n) is 2.53. The van der Waals surface area contributed by atoms with Crippen molar-refractivity contribution in [3.63, 3.8) is 0 Å². The van der Waals surface area contributed by atoms with Gasteiger partial charge in [-0.05, 0) is 34.1 Å². The highest BCUT2D eigenvalue weighted by atomic mass is 79.9. The van der Waals surface area contributed by atoms with Gasteiger partial charge >= 0.3 is 5.91 Å². The molecule has 1 heterocycles. The minimum atomic E-state index is -0.558. The van der Waals surface area contributed by atoms with E-state index >= 15 is 0 Å². The molecule has 0 fully saturated rings. The first-order valence-corrected chi connectivity index (χ1v) is 6.47. The number of nitrogen functional groups attached to an aromatic ring is 1. The van der Waals surface area contributed by atoms with Gasteiger partial charge in [0.25, 0.3) is 5.69 Å². The van der Waals surface area contributed by atoms with Gasteiger partial charge in [0.05, 0.1) is 4.92 Å². The number of hydrazine groups is 1. The van der Waals surface area contributed by atoms with Crippen LogP contribution in [0.3, 0.4) is 0 Å². The Balaban J connectivity index is 2.10. The van der Waals surface area contributed by atoms with Crippen LogP contribution in [-0.4, -0.2) is 10.8 Å². The molecule has 0 radical (unpaired) electrons. The molecule has 1 aromatic carbocycles. The maximum Gasteiger partial charge on any atom is 0.300 e. The van der Waals surface area contributed by atoms with Crippen molar-refractivity contribution in [2.75, 3.05) is 0 Å². The number of nitrogens with zero attached hydrogens (tertiary/aromatic N) is 1. The van der Waals surface area contributed by atoms with Gasteiger partial charge in [-0.25, -0.2) is 5.84 Å². The van der Waals surface area contributed by atoms with Crippen molar-refractivity contribution < 1.29 is 18.9 Å². The smallest absolute Gasteiger partial charge is 0.300 e. The normalized spacial score (nSPS) is 10.2. The van der Waals surface area contributed by atoms with Crippen LogP contribution in [-0.2, 0) is 6.61 Å². The molecule has 0 atom stereocenters. The van der Waals surface area contributed by atoms with Crippen LogP contribution in [0.25, 0.3) is 0 Å². The van der Waals surface area contributed by atoms with E-state index in [1.807, 2.05) is 5.43 Å². The minimum absolute atomic E-state index is 0.0115. The average molecular weight is 356 g/mol. The molecular weight excluding hydrogens is 346 g/mol. The lowest BCUT2D eigenvalue weighted by Gasteiger charge is -2.06. The van der Waals surface area contributed by atoms with Crippen LogP contribution in [0.2, 0.25) is 0 Å². The Morgan fingerprint density at radius 2 is 2.19 bits per heavy atom. The van der Waals surface area contributed by atoms with E-state index in [1.165, 1.54) is 18.2 Å². The monoisotopic (exact) mass is 355 g/mol. The van der Waals surface area contributed by atoms with Crippen molar-refractivity contribution in [1.29, 1.82) is 0 Å². The van der Waals surface area contributed by atoms with Crippen molar-refractivity contribution in [3.8, 4) is 5.75 Å². The third-order valence-corrected chi connectivity index (χ3v) is 3.32. The molecule has 0 bridgehead atoms. The summed E-state index contributed by atoms with van der Waals surface area (Å²) in [4.78, 5) is 21.5. The minimum Gasteiger partial charge on any atom is -0.484 e. The summed E-state index contributed by atoms with van der Waals surface area (Å²) in [7, 11) is 0. The molecule has 21 heavy (non-hydrogen) atoms. The number of carbonyl (C=O) groups excluding carboxylic acids is 1. The van der Waals surface area contributed by atoms with Crippen molar-refractivity contribution in [2.45, 2.75) is 6.61 Å². The van der Waals surface area contributed by atoms with Crippen LogP contribution >= 0.6 is 15.9 Å². The number of rotatable bonds is 5. The van der Waals surface area contributed by atoms with Crippen molar-refractivity contribution in [1.82, 2.24) is 5.43 Å². The molecule has 3 N–H and O–H groups in total. The Morgan fingerprint density at radius 1 is 1.43 bits per heavy atom. The van der Waals surface area contributed by atoms with Crippen molar-refractivity contribution in [3.05, 3.63) is 56.4 Å². The Hall–Kier alpha value is -2.39. The number of carbonyl (C=O) groups is 1. The summed E-state index contributed by atoms with van der Waals surface area (Å²) in [5.74, 6) is 5.15. The van der Waals surface area contributed by atoms with Gasteiger partial charge in [0.15, 0.2) is 5.76 Å². The van der Waals surface area contributed by atoms with Gasteiger partial charge in [0.2, 0.25) is 0 Å². The summed E-state index contributed by atoms with van der Waals surface area (Å²) < 4.78 is 10.9. The molecule has 0 aliphatic rings. The molecule has 8 nitrogen and oxygen atoms in total. The molecule has 9 heteroatoms. The molecule has 0 aliphatic carbocycles. The molecule has 110 valence electrons. The van der Waals surface area contributed by atoms with Crippen LogP contribution in [0, 0.1) is 10.1 Å². The molecule has 0 spiro atoms. The summed E-state index contributed by atoms with van der Waals surface area (Å²) in [6, 6.07) is 7.44. The second-order valence-corrected chi connectivity index (χ2v) is 4.67. The largest absolute Gasteiger partial charge is 0.484 e. The molecule has 0 unspecified atom stereocenters. The second-order valence-electron chi connectivity index (χ2n) is 3.87. The number of benzene rings is 1. The van der Waals surface area contributed by atoms with Gasteiger partial charge in [-0.2, -0.15) is 0 Å². The lowest BCUT2D eigenvalue weighted by atomic mass is 10.3. The van der Waals surface area contributed by atoms with Gasteiger partial charge in [-0.15, -0.1) is 0 Å². The Labute approximate surface area is 127 Å². The fourth-order valence-electron chi connectivity index (χ4n) is 1.55. The van der Waals surface area contributed by atoms with Crippen LogP contribution in [0.1, 0.15) is 16.3 Å². The number of ether oxygens (including phenoxy) is 1. The molecule has 1 aromatic heterocycles. The Morgan fingerprint density at radius 3 is 2.86 bits per heavy atom. The summed E-state index contributed by atoms with van der Waals surface area (Å²) in [5.41, 5.74) is 1.84. The van der Waals surface area contributed by atoms with Crippen LogP contribution in [0.15, 0.2) is 39.2 Å². The van der Waals surface area contributed by atoms with Gasteiger partial charge in [-0.3, -0.25) is 20.3 Å². The number of nitro groups is 1. The summed E-state index contributed by atoms with van der Waals surface area (Å²) in [5, 5.41) is 10.8. The predicted octanol–water partition coefficient (Wildman–Crippen LogP) is 2.13. The molecular formula is C12H10BrN3O5. The average Bonchev–Trinajstić information content (AvgIpc) is 2.94. The topological polar surface area (TPSA) is 121 Å². The number of furan rings is 1. The first kappa shape index (κ1) is 15.0. The Kier molecular flexibility index (Phi) is 4.55. The van der Waals surface area contributed by atoms with E-state index in [4.69, 9.17) is 15.0 Å². The zero-order valence-corrected chi connectivity index (χ0v) is 12.1. The first-order chi connectivity index (χ1) is 10.0. The highest BCUT2D eigenvalue weighted by Gasteiger charge is 2.16. The van der Waals surface area contributed by atoms with E-state index in [-0.39, 0.29) is 22.5 Å². The molecule has 0 aliphatic heterocycles. The molecule has 2 rings (SSSR count). The zero-order valence-electron chi connectivity index (χ0n) is 10.5. The van der Waals surface area contributed by atoms with E-state index in [1.54, 1.807) is 12.1 Å². The van der Waals surface area contributed by atoms with Crippen LogP contribution in [0.5, 0.6) is 5.75 Å². The van der Waals surface area contributed by atoms with Crippen LogP contribution in [0.4, 0.5) is 5.69 Å². The first-order valence-electron chi connectivity index (χ1n) is 5.68. The van der Waals surface area contributed by atoms with E-state index in [2.05, 4.69) is 15.9 Å². The maximum atomic E-state index is 11.2. The molecule has 1 amide bonds. The van der Waals surface area contributed by atoms with E-state index < -0.39 is 10.8 Å². The highest BCUT2D eigenvalue weighted by Crippen LogP contribution is 2.34. The summed E-state index contributed by atoms with van der Waals surface area (Å²) in [6.45, 7) is 0.0115. The fraction of sp³-hybridized carbons (Fsp3) is 0.0833. The number of hydrogen-bond donors (Lipinski definition) is 2. The lowest BCUT2D eigenvalue weighted by Crippen LogP contribution is -2.29. The van der Waals surface area contributed by atoms with E-state index in [0.29, 0.717) is 11.5 Å². The highest BCUT2D eigenvalue weighted by molar-refractivity contribution is 9.10. The SMILES string of the molecule is NNC(=O)c1ccc(COc2cccc([N+](=O)[O-])c2Br)o1. The van der Waals surface area contributed by atoms with Gasteiger partial charge in [0.1, 0.15) is 22.6 Å². The van der Waals surface area contributed by atoms with Gasteiger partial charge < -0.3 is 9.15 Å². The van der Waals surface area contributed by atoms with Crippen LogP contribution < -0.4 is 16.0 Å². The second kappa shape index (κ2) is 6.37. The standard InChI is InChI=1S/C12H10BrN3O5/c13-11-8(16(18)19)2-1-3-9(11)20-6-7-4-5-10(21-7)12(17)15-14/h1-5H,6,14H2,(H,15,17). The number of hydrogen-bond acceptors (Lipinski definition) is 6. The summed E-state index contributed by atoms with van der Waals surface area (Å²) in [6.07, 6.45) is 0. The molecule has 0 saturated carbocycles.